The Balaban J connectivity index is 2.76. The highest BCUT2D eigenvalue weighted by Crippen LogP contribution is 2.39. The van der Waals surface area contributed by atoms with Crippen LogP contribution in [0.5, 0.6) is 0 Å². The number of hydrogen-bond acceptors (Lipinski definition) is 5. The van der Waals surface area contributed by atoms with Crippen LogP contribution in [0.4, 0.5) is 0 Å². The van der Waals surface area contributed by atoms with E-state index in [4.69, 9.17) is 5.11 Å². The fourth-order valence-electron chi connectivity index (χ4n) is 3.02. The Hall–Kier alpha value is -2.24. The molecule has 0 aliphatic heterocycles. The summed E-state index contributed by atoms with van der Waals surface area (Å²) in [5, 5.41) is 9.14. The van der Waals surface area contributed by atoms with E-state index in [9.17, 15) is 19.2 Å². The van der Waals surface area contributed by atoms with E-state index in [0.717, 1.165) is 5.57 Å². The number of esters is 1. The summed E-state index contributed by atoms with van der Waals surface area (Å²) < 4.78 is 4.62. The zero-order valence-corrected chi connectivity index (χ0v) is 15.1. The summed E-state index contributed by atoms with van der Waals surface area (Å²) in [7, 11) is 1.33. The van der Waals surface area contributed by atoms with Crippen LogP contribution in [0.15, 0.2) is 23.3 Å². The van der Waals surface area contributed by atoms with Gasteiger partial charge in [-0.2, -0.15) is 0 Å². The molecule has 1 rings (SSSR count). The van der Waals surface area contributed by atoms with Gasteiger partial charge < -0.3 is 9.84 Å². The van der Waals surface area contributed by atoms with Crippen LogP contribution >= 0.6 is 0 Å². The van der Waals surface area contributed by atoms with Crippen LogP contribution in [0.1, 0.15) is 58.8 Å². The predicted octanol–water partition coefficient (Wildman–Crippen LogP) is 3.01. The molecule has 6 heteroatoms. The molecule has 1 N–H and O–H groups in total. The van der Waals surface area contributed by atoms with Crippen molar-refractivity contribution in [1.82, 2.24) is 0 Å². The molecule has 6 nitrogen and oxygen atoms in total. The van der Waals surface area contributed by atoms with E-state index < -0.39 is 11.4 Å². The summed E-state index contributed by atoms with van der Waals surface area (Å²) in [5.74, 6) is -1.62. The van der Waals surface area contributed by atoms with Crippen molar-refractivity contribution in [1.29, 1.82) is 0 Å². The Morgan fingerprint density at radius 2 is 1.88 bits per heavy atom. The number of ketones is 2. The molecular formula is C19H26O6. The summed E-state index contributed by atoms with van der Waals surface area (Å²) in [6.07, 6.45) is 5.23. The van der Waals surface area contributed by atoms with E-state index in [1.165, 1.54) is 7.11 Å². The van der Waals surface area contributed by atoms with Gasteiger partial charge in [-0.1, -0.05) is 17.7 Å². The van der Waals surface area contributed by atoms with Gasteiger partial charge in [0, 0.05) is 30.3 Å². The third kappa shape index (κ3) is 6.29. The van der Waals surface area contributed by atoms with Crippen molar-refractivity contribution < 1.29 is 29.0 Å². The largest absolute Gasteiger partial charge is 0.481 e. The number of rotatable bonds is 8. The molecule has 0 aromatic heterocycles. The van der Waals surface area contributed by atoms with Gasteiger partial charge in [-0.25, -0.2) is 4.79 Å². The second-order valence-corrected chi connectivity index (χ2v) is 6.66. The highest BCUT2D eigenvalue weighted by Gasteiger charge is 2.43. The number of allylic oxidation sites excluding steroid dienone is 3. The molecule has 0 heterocycles. The first kappa shape index (κ1) is 20.8. The van der Waals surface area contributed by atoms with Crippen molar-refractivity contribution in [2.45, 2.75) is 58.8 Å². The third-order valence-electron chi connectivity index (χ3n) is 4.59. The van der Waals surface area contributed by atoms with Gasteiger partial charge in [0.15, 0.2) is 0 Å². The van der Waals surface area contributed by atoms with Gasteiger partial charge in [0.25, 0.3) is 0 Å². The molecule has 1 fully saturated rings. The van der Waals surface area contributed by atoms with Crippen molar-refractivity contribution in [2.24, 2.45) is 5.41 Å². The van der Waals surface area contributed by atoms with Crippen molar-refractivity contribution in [3.05, 3.63) is 23.3 Å². The second-order valence-electron chi connectivity index (χ2n) is 6.66. The van der Waals surface area contributed by atoms with Gasteiger partial charge in [-0.3, -0.25) is 14.4 Å². The van der Waals surface area contributed by atoms with Crippen molar-refractivity contribution in [3.8, 4) is 0 Å². The molecule has 0 radical (unpaired) electrons. The van der Waals surface area contributed by atoms with Crippen LogP contribution in [-0.4, -0.2) is 35.7 Å². The van der Waals surface area contributed by atoms with E-state index in [1.807, 2.05) is 13.0 Å². The van der Waals surface area contributed by atoms with Gasteiger partial charge in [-0.15, -0.1) is 0 Å². The van der Waals surface area contributed by atoms with Crippen molar-refractivity contribution in [2.75, 3.05) is 7.11 Å². The second kappa shape index (κ2) is 9.30. The minimum Gasteiger partial charge on any atom is -0.481 e. The monoisotopic (exact) mass is 350 g/mol. The number of Topliss-reactive ketones (excluding diaryl/α,β-unsaturated/α-hetero) is 2. The molecule has 0 spiro atoms. The van der Waals surface area contributed by atoms with Gasteiger partial charge in [0.1, 0.15) is 11.6 Å². The highest BCUT2D eigenvalue weighted by atomic mass is 16.5. The van der Waals surface area contributed by atoms with Crippen LogP contribution in [0, 0.1) is 5.41 Å². The van der Waals surface area contributed by atoms with Crippen molar-refractivity contribution >= 4 is 23.5 Å². The molecule has 1 atom stereocenters. The topological polar surface area (TPSA) is 97.7 Å². The Morgan fingerprint density at radius 1 is 1.20 bits per heavy atom. The van der Waals surface area contributed by atoms with Crippen LogP contribution < -0.4 is 0 Å². The van der Waals surface area contributed by atoms with Crippen LogP contribution in [0.2, 0.25) is 0 Å². The normalized spacial score (nSPS) is 22.0. The Kier molecular flexibility index (Phi) is 7.74. The molecule has 138 valence electrons. The van der Waals surface area contributed by atoms with E-state index in [2.05, 4.69) is 4.74 Å². The first-order valence-corrected chi connectivity index (χ1v) is 8.37. The molecular weight excluding hydrogens is 324 g/mol. The summed E-state index contributed by atoms with van der Waals surface area (Å²) in [5.41, 5.74) is 0.412. The Morgan fingerprint density at radius 3 is 2.48 bits per heavy atom. The summed E-state index contributed by atoms with van der Waals surface area (Å²) in [6.45, 7) is 3.57. The smallest absolute Gasteiger partial charge is 0.333 e. The van der Waals surface area contributed by atoms with E-state index in [1.54, 1.807) is 13.0 Å². The highest BCUT2D eigenvalue weighted by molar-refractivity contribution is 5.99. The molecule has 0 aromatic carbocycles. The van der Waals surface area contributed by atoms with Gasteiger partial charge in [0.2, 0.25) is 0 Å². The van der Waals surface area contributed by atoms with Gasteiger partial charge in [0.05, 0.1) is 13.5 Å². The Labute approximate surface area is 147 Å². The minimum atomic E-state index is -1.11. The summed E-state index contributed by atoms with van der Waals surface area (Å²) in [6, 6.07) is 0. The lowest BCUT2D eigenvalue weighted by Gasteiger charge is -2.33. The number of ether oxygens (including phenoxy) is 1. The minimum absolute atomic E-state index is 0.00324. The molecule has 25 heavy (non-hydrogen) atoms. The zero-order chi connectivity index (χ0) is 19.0. The number of hydrogen-bond donors (Lipinski definition) is 1. The van der Waals surface area contributed by atoms with Crippen LogP contribution in [0.3, 0.4) is 0 Å². The molecule has 0 saturated heterocycles. The third-order valence-corrected chi connectivity index (χ3v) is 4.59. The average Bonchev–Trinajstić information content (AvgIpc) is 2.55. The van der Waals surface area contributed by atoms with Gasteiger partial charge >= 0.3 is 11.9 Å². The Bertz CT molecular complexity index is 609. The van der Waals surface area contributed by atoms with Gasteiger partial charge in [-0.05, 0) is 33.1 Å². The van der Waals surface area contributed by atoms with E-state index in [-0.39, 0.29) is 49.6 Å². The SMILES string of the molecule is COC(=O)/C(C)=C/CC/C(C)=C/CC1(CC(=O)O)CC(=O)CCC1=O. The molecule has 1 unspecified atom stereocenters. The lowest BCUT2D eigenvalue weighted by molar-refractivity contribution is -0.148. The lowest BCUT2D eigenvalue weighted by Crippen LogP contribution is -2.39. The molecule has 0 aromatic rings. The first-order chi connectivity index (χ1) is 11.7. The summed E-state index contributed by atoms with van der Waals surface area (Å²) in [4.78, 5) is 46.6. The number of aliphatic carboxylic acids is 1. The van der Waals surface area contributed by atoms with E-state index in [0.29, 0.717) is 18.4 Å². The molecule has 1 aliphatic carbocycles. The predicted molar refractivity (Wildman–Crippen MR) is 91.9 cm³/mol. The zero-order valence-electron chi connectivity index (χ0n) is 15.1. The maximum Gasteiger partial charge on any atom is 0.333 e. The lowest BCUT2D eigenvalue weighted by atomic mass is 9.68. The number of methoxy groups -OCH3 is 1. The van der Waals surface area contributed by atoms with Crippen molar-refractivity contribution in [3.63, 3.8) is 0 Å². The summed E-state index contributed by atoms with van der Waals surface area (Å²) >= 11 is 0. The fourth-order valence-corrected chi connectivity index (χ4v) is 3.02. The molecule has 0 amide bonds. The first-order valence-electron chi connectivity index (χ1n) is 8.37. The fraction of sp³-hybridized carbons (Fsp3) is 0.579. The average molecular weight is 350 g/mol. The quantitative estimate of drug-likeness (QED) is 0.410. The molecule has 1 aliphatic rings. The number of carboxylic acid groups (broad SMARTS) is 1. The maximum atomic E-state index is 12.3. The van der Waals surface area contributed by atoms with E-state index >= 15 is 0 Å². The number of carbonyl (C=O) groups is 4. The van der Waals surface area contributed by atoms with Crippen LogP contribution in [-0.2, 0) is 23.9 Å². The standard InChI is InChI=1S/C19H26O6/c1-13(5-4-6-14(2)18(24)25-3)9-10-19(12-17(22)23)11-15(20)7-8-16(19)21/h6,9H,4-5,7-8,10-12H2,1-3H3,(H,22,23)/b13-9+,14-6+. The molecule has 0 bridgehead atoms. The molecule has 1 saturated carbocycles. The van der Waals surface area contributed by atoms with Crippen LogP contribution in [0.25, 0.3) is 0 Å². The number of carbonyl (C=O) groups excluding carboxylic acids is 3. The maximum absolute atomic E-state index is 12.3. The number of carboxylic acids is 1.